The zero-order valence-corrected chi connectivity index (χ0v) is 11.4. The van der Waals surface area contributed by atoms with Crippen molar-refractivity contribution in [1.29, 1.82) is 0 Å². The lowest BCUT2D eigenvalue weighted by atomic mass is 10.1. The average Bonchev–Trinajstić information content (AvgIpc) is 2.31. The first-order valence-electron chi connectivity index (χ1n) is 7.23. The van der Waals surface area contributed by atoms with Gasteiger partial charge in [0.15, 0.2) is 0 Å². The molecule has 0 fully saturated rings. The van der Waals surface area contributed by atoms with Crippen LogP contribution < -0.4 is 0 Å². The summed E-state index contributed by atoms with van der Waals surface area (Å²) in [6, 6.07) is 0. The molecule has 0 spiro atoms. The lowest BCUT2D eigenvalue weighted by Gasteiger charge is -1.98. The number of unbranched alkanes of at least 4 members (excludes halogenated alkanes) is 8. The van der Waals surface area contributed by atoms with Crippen LogP contribution in [0.4, 0.5) is 0 Å². The molecule has 0 aromatic rings. The lowest BCUT2D eigenvalue weighted by Crippen LogP contribution is -1.78. The summed E-state index contributed by atoms with van der Waals surface area (Å²) in [4.78, 5) is 0. The molecule has 0 saturated heterocycles. The van der Waals surface area contributed by atoms with E-state index in [9.17, 15) is 0 Å². The highest BCUT2D eigenvalue weighted by atomic mass is 13.9. The van der Waals surface area contributed by atoms with Crippen LogP contribution >= 0.6 is 0 Å². The predicted molar refractivity (Wildman–Crippen MR) is 75.8 cm³/mol. The van der Waals surface area contributed by atoms with Crippen LogP contribution in [0.2, 0.25) is 0 Å². The summed E-state index contributed by atoms with van der Waals surface area (Å²) in [7, 11) is 0. The van der Waals surface area contributed by atoms with E-state index < -0.39 is 0 Å². The smallest absolute Gasteiger partial charge is 0.0348 e. The Hall–Kier alpha value is -0.520. The van der Waals surface area contributed by atoms with E-state index in [1.807, 2.05) is 0 Å². The van der Waals surface area contributed by atoms with Gasteiger partial charge in [-0.25, -0.2) is 0 Å². The van der Waals surface area contributed by atoms with Gasteiger partial charge in [-0.3, -0.25) is 0 Å². The summed E-state index contributed by atoms with van der Waals surface area (Å²) in [6.07, 6.45) is 22.5. The maximum Gasteiger partial charge on any atom is -0.0348 e. The van der Waals surface area contributed by atoms with Gasteiger partial charge in [-0.1, -0.05) is 83.1 Å². The lowest BCUT2D eigenvalue weighted by molar-refractivity contribution is 0.592. The van der Waals surface area contributed by atoms with Crippen molar-refractivity contribution in [2.24, 2.45) is 0 Å². The van der Waals surface area contributed by atoms with Gasteiger partial charge >= 0.3 is 0 Å². The third-order valence-electron chi connectivity index (χ3n) is 2.81. The molecule has 16 heavy (non-hydrogen) atoms. The largest absolute Gasteiger partial charge is 0.0846 e. The maximum atomic E-state index is 2.30. The molecule has 0 heteroatoms. The van der Waals surface area contributed by atoms with Crippen molar-refractivity contribution in [2.75, 3.05) is 0 Å². The molecule has 0 radical (unpaired) electrons. The zero-order chi connectivity index (χ0) is 11.9. The van der Waals surface area contributed by atoms with Gasteiger partial charge in [-0.15, -0.1) is 0 Å². The summed E-state index contributed by atoms with van der Waals surface area (Å²) < 4.78 is 0. The van der Waals surface area contributed by atoms with Crippen LogP contribution in [0.5, 0.6) is 0 Å². The summed E-state index contributed by atoms with van der Waals surface area (Å²) in [6.45, 7) is 4.49. The van der Waals surface area contributed by atoms with Gasteiger partial charge in [-0.05, 0) is 19.3 Å². The van der Waals surface area contributed by atoms with Crippen molar-refractivity contribution >= 4 is 0 Å². The van der Waals surface area contributed by atoms with Crippen LogP contribution in [-0.2, 0) is 0 Å². The van der Waals surface area contributed by atoms with E-state index in [4.69, 9.17) is 0 Å². The second-order valence-electron chi connectivity index (χ2n) is 4.55. The zero-order valence-electron chi connectivity index (χ0n) is 11.4. The Morgan fingerprint density at radius 1 is 0.562 bits per heavy atom. The molecule has 0 saturated carbocycles. The molecule has 0 aliphatic rings. The van der Waals surface area contributed by atoms with E-state index in [2.05, 4.69) is 38.2 Å². The van der Waals surface area contributed by atoms with E-state index in [0.717, 1.165) is 0 Å². The van der Waals surface area contributed by atoms with Crippen molar-refractivity contribution < 1.29 is 0 Å². The van der Waals surface area contributed by atoms with E-state index >= 15 is 0 Å². The van der Waals surface area contributed by atoms with Gasteiger partial charge in [0, 0.05) is 0 Å². The van der Waals surface area contributed by atoms with Gasteiger partial charge in [0.25, 0.3) is 0 Å². The third-order valence-corrected chi connectivity index (χ3v) is 2.81. The van der Waals surface area contributed by atoms with Crippen molar-refractivity contribution in [3.05, 3.63) is 24.3 Å². The second kappa shape index (κ2) is 14.5. The van der Waals surface area contributed by atoms with E-state index in [1.165, 1.54) is 64.2 Å². The first kappa shape index (κ1) is 15.5. The van der Waals surface area contributed by atoms with Gasteiger partial charge in [-0.2, -0.15) is 0 Å². The fourth-order valence-corrected chi connectivity index (χ4v) is 1.74. The second-order valence-corrected chi connectivity index (χ2v) is 4.55. The maximum absolute atomic E-state index is 2.30. The summed E-state index contributed by atoms with van der Waals surface area (Å²) in [5, 5.41) is 0. The SMILES string of the molecule is CCC/C=C/C=C\CCCCCCCCC. The summed E-state index contributed by atoms with van der Waals surface area (Å²) >= 11 is 0. The van der Waals surface area contributed by atoms with Crippen LogP contribution in [0.1, 0.15) is 78.1 Å². The molecule has 0 unspecified atom stereocenters. The van der Waals surface area contributed by atoms with Crippen LogP contribution in [0, 0.1) is 0 Å². The molecule has 0 aromatic heterocycles. The number of allylic oxidation sites excluding steroid dienone is 4. The minimum Gasteiger partial charge on any atom is -0.0846 e. The van der Waals surface area contributed by atoms with Gasteiger partial charge in [0.1, 0.15) is 0 Å². The molecule has 0 aromatic carbocycles. The van der Waals surface area contributed by atoms with Gasteiger partial charge < -0.3 is 0 Å². The van der Waals surface area contributed by atoms with Crippen LogP contribution in [0.25, 0.3) is 0 Å². The molecular formula is C16H30. The molecular weight excluding hydrogens is 192 g/mol. The third kappa shape index (κ3) is 13.5. The Morgan fingerprint density at radius 3 is 1.75 bits per heavy atom. The number of hydrogen-bond acceptors (Lipinski definition) is 0. The highest BCUT2D eigenvalue weighted by Gasteiger charge is 1.88. The first-order valence-corrected chi connectivity index (χ1v) is 7.23. The quantitative estimate of drug-likeness (QED) is 0.295. The topological polar surface area (TPSA) is 0 Å². The average molecular weight is 222 g/mol. The molecule has 94 valence electrons. The normalized spacial score (nSPS) is 11.9. The first-order chi connectivity index (χ1) is 7.91. The van der Waals surface area contributed by atoms with Crippen molar-refractivity contribution in [1.82, 2.24) is 0 Å². The monoisotopic (exact) mass is 222 g/mol. The Morgan fingerprint density at radius 2 is 1.12 bits per heavy atom. The standard InChI is InChI=1S/C16H30/c1-3-5-7-9-11-13-15-16-14-12-10-8-6-4-2/h7,9,11,13H,3-6,8,10,12,14-16H2,1-2H3/b9-7+,13-11-. The Balaban J connectivity index is 3.08. The van der Waals surface area contributed by atoms with Crippen LogP contribution in [0.15, 0.2) is 24.3 Å². The van der Waals surface area contributed by atoms with Crippen LogP contribution in [-0.4, -0.2) is 0 Å². The molecule has 0 N–H and O–H groups in total. The van der Waals surface area contributed by atoms with Crippen molar-refractivity contribution in [3.63, 3.8) is 0 Å². The highest BCUT2D eigenvalue weighted by Crippen LogP contribution is 2.08. The molecule has 0 bridgehead atoms. The minimum absolute atomic E-state index is 1.21. The fraction of sp³-hybridized carbons (Fsp3) is 0.750. The molecule has 0 heterocycles. The van der Waals surface area contributed by atoms with Crippen molar-refractivity contribution in [2.45, 2.75) is 78.1 Å². The van der Waals surface area contributed by atoms with E-state index in [0.29, 0.717) is 0 Å². The van der Waals surface area contributed by atoms with E-state index in [1.54, 1.807) is 0 Å². The minimum atomic E-state index is 1.21. The summed E-state index contributed by atoms with van der Waals surface area (Å²) in [5.74, 6) is 0. The van der Waals surface area contributed by atoms with Crippen LogP contribution in [0.3, 0.4) is 0 Å². The van der Waals surface area contributed by atoms with E-state index in [-0.39, 0.29) is 0 Å². The molecule has 0 aliphatic carbocycles. The molecule has 0 amide bonds. The number of hydrogen-bond donors (Lipinski definition) is 0. The Bertz CT molecular complexity index is 165. The Kier molecular flexibility index (Phi) is 14.0. The van der Waals surface area contributed by atoms with Crippen molar-refractivity contribution in [3.8, 4) is 0 Å². The fourth-order valence-electron chi connectivity index (χ4n) is 1.74. The highest BCUT2D eigenvalue weighted by molar-refractivity contribution is 5.02. The Labute approximate surface area is 103 Å². The number of rotatable bonds is 11. The summed E-state index contributed by atoms with van der Waals surface area (Å²) in [5.41, 5.74) is 0. The molecule has 0 aliphatic heterocycles. The molecule has 0 nitrogen and oxygen atoms in total. The van der Waals surface area contributed by atoms with Gasteiger partial charge in [0.05, 0.1) is 0 Å². The molecule has 0 rings (SSSR count). The predicted octanol–water partition coefficient (Wildman–Crippen LogP) is 6.04. The molecule has 0 atom stereocenters. The van der Waals surface area contributed by atoms with Gasteiger partial charge in [0.2, 0.25) is 0 Å².